The Balaban J connectivity index is 1.33. The van der Waals surface area contributed by atoms with Gasteiger partial charge in [-0.25, -0.2) is 0 Å². The van der Waals surface area contributed by atoms with Crippen LogP contribution in [0.4, 0.5) is 0 Å². The zero-order valence-corrected chi connectivity index (χ0v) is 26.8. The van der Waals surface area contributed by atoms with Crippen LogP contribution < -0.4 is 0 Å². The molecule has 1 aliphatic heterocycles. The molecule has 3 saturated carbocycles. The van der Waals surface area contributed by atoms with Crippen molar-refractivity contribution >= 4 is 5.97 Å². The largest absolute Gasteiger partial charge is 0.481 e. The van der Waals surface area contributed by atoms with E-state index >= 15 is 0 Å². The molecule has 236 valence electrons. The monoisotopic (exact) mass is 586 g/mol. The summed E-state index contributed by atoms with van der Waals surface area (Å²) >= 11 is 0. The maximum Gasteiger partial charge on any atom is 0.314 e. The van der Waals surface area contributed by atoms with Gasteiger partial charge in [0.15, 0.2) is 6.29 Å². The molecule has 5 aliphatic carbocycles. The molecule has 4 N–H and O–H groups in total. The minimum absolute atomic E-state index is 0.0529. The van der Waals surface area contributed by atoms with Crippen molar-refractivity contribution in [3.63, 3.8) is 0 Å². The second kappa shape index (κ2) is 9.87. The van der Waals surface area contributed by atoms with Crippen molar-refractivity contribution in [2.24, 2.45) is 44.8 Å². The van der Waals surface area contributed by atoms with E-state index in [0.29, 0.717) is 17.8 Å². The lowest BCUT2D eigenvalue weighted by molar-refractivity contribution is -0.308. The Morgan fingerprint density at radius 2 is 1.64 bits per heavy atom. The molecule has 1 heterocycles. The number of carbonyl (C=O) groups is 1. The Bertz CT molecular complexity index is 1190. The van der Waals surface area contributed by atoms with Gasteiger partial charge in [-0.2, -0.15) is 0 Å². The number of carboxylic acids is 1. The third kappa shape index (κ3) is 3.92. The summed E-state index contributed by atoms with van der Waals surface area (Å²) < 4.78 is 12.1. The van der Waals surface area contributed by atoms with Gasteiger partial charge in [0.1, 0.15) is 18.3 Å². The number of aliphatic hydroxyl groups excluding tert-OH is 3. The van der Waals surface area contributed by atoms with E-state index < -0.39 is 36.0 Å². The summed E-state index contributed by atoms with van der Waals surface area (Å²) in [5, 5.41) is 41.3. The third-order valence-electron chi connectivity index (χ3n) is 14.5. The van der Waals surface area contributed by atoms with Crippen molar-refractivity contribution < 1.29 is 34.7 Å². The van der Waals surface area contributed by atoms with Crippen LogP contribution in [0.5, 0.6) is 0 Å². The van der Waals surface area contributed by atoms with Crippen LogP contribution in [-0.2, 0) is 14.3 Å². The maximum atomic E-state index is 12.9. The molecule has 0 aromatic heterocycles. The first-order chi connectivity index (χ1) is 19.5. The molecule has 0 aromatic carbocycles. The van der Waals surface area contributed by atoms with Crippen LogP contribution >= 0.6 is 0 Å². The van der Waals surface area contributed by atoms with Crippen LogP contribution in [-0.4, -0.2) is 63.7 Å². The Morgan fingerprint density at radius 1 is 0.929 bits per heavy atom. The molecule has 4 fully saturated rings. The van der Waals surface area contributed by atoms with E-state index in [0.717, 1.165) is 57.8 Å². The number of hydrogen-bond donors (Lipinski definition) is 4. The van der Waals surface area contributed by atoms with Gasteiger partial charge in [-0.1, -0.05) is 53.2 Å². The van der Waals surface area contributed by atoms with Crippen LogP contribution in [0.2, 0.25) is 0 Å². The molecule has 0 bridgehead atoms. The van der Waals surface area contributed by atoms with E-state index in [2.05, 4.69) is 54.5 Å². The second-order valence-corrected chi connectivity index (χ2v) is 16.4. The summed E-state index contributed by atoms with van der Waals surface area (Å²) in [5.74, 6) is 0.671. The van der Waals surface area contributed by atoms with Crippen LogP contribution in [0, 0.1) is 44.8 Å². The summed E-state index contributed by atoms with van der Waals surface area (Å²) in [7, 11) is 0. The van der Waals surface area contributed by atoms with Crippen molar-refractivity contribution in [1.29, 1.82) is 0 Å². The first-order valence-electron chi connectivity index (χ1n) is 16.5. The Kier molecular flexibility index (Phi) is 7.23. The SMILES string of the molecule is CC1=C2C3=CC[C@@H]4[C@@]5(C)CC[C@H](O[C@@H]6OC[C@@H](O)[C@H](O)[C@H]6O)C(C)(C)[C@H]5CC[C@@]4(C)[C@]3(C)CC[C@@]2(C(=O)O)CC[C@@H]1C. The van der Waals surface area contributed by atoms with Gasteiger partial charge in [-0.3, -0.25) is 4.79 Å². The fraction of sp³-hybridized carbons (Fsp3) is 0.857. The summed E-state index contributed by atoms with van der Waals surface area (Å²) in [6, 6.07) is 0. The first kappa shape index (κ1) is 30.8. The van der Waals surface area contributed by atoms with Gasteiger partial charge in [-0.15, -0.1) is 0 Å². The molecule has 0 amide bonds. The highest BCUT2D eigenvalue weighted by Gasteiger charge is 2.68. The quantitative estimate of drug-likeness (QED) is 0.317. The van der Waals surface area contributed by atoms with Gasteiger partial charge in [0, 0.05) is 0 Å². The van der Waals surface area contributed by atoms with Crippen LogP contribution in [0.1, 0.15) is 106 Å². The molecule has 0 radical (unpaired) electrons. The standard InChI is InChI=1S/C35H54O7/c1-19-10-15-35(30(39)40)17-16-33(6)21(26(35)20(19)2)8-9-24-32(5)13-12-25(31(3,4)23(32)11-14-34(24,33)7)42-29-28(38)27(37)22(36)18-41-29/h8,19,22-25,27-29,36-38H,9-18H2,1-7H3,(H,39,40)/t19-,22+,23+,24+,25-,27-,28+,29-,32-,33+,34+,35-/m0/s1. The number of fused-ring (bicyclic) bond motifs is 7. The topological polar surface area (TPSA) is 116 Å². The molecule has 7 nitrogen and oxygen atoms in total. The third-order valence-corrected chi connectivity index (χ3v) is 14.5. The number of rotatable bonds is 3. The van der Waals surface area contributed by atoms with E-state index in [1.54, 1.807) is 0 Å². The predicted molar refractivity (Wildman–Crippen MR) is 159 cm³/mol. The summed E-state index contributed by atoms with van der Waals surface area (Å²) in [5.41, 5.74) is 3.00. The fourth-order valence-electron chi connectivity index (χ4n) is 11.5. The predicted octanol–water partition coefficient (Wildman–Crippen LogP) is 5.62. The van der Waals surface area contributed by atoms with E-state index in [1.807, 2.05) is 0 Å². The van der Waals surface area contributed by atoms with E-state index in [9.17, 15) is 25.2 Å². The lowest BCUT2D eigenvalue weighted by Gasteiger charge is -2.70. The van der Waals surface area contributed by atoms with Crippen LogP contribution in [0.15, 0.2) is 22.8 Å². The summed E-state index contributed by atoms with van der Waals surface area (Å²) in [6.07, 6.45) is 6.07. The van der Waals surface area contributed by atoms with Crippen molar-refractivity contribution in [3.8, 4) is 0 Å². The number of hydrogen-bond acceptors (Lipinski definition) is 6. The number of aliphatic hydroxyl groups is 3. The number of allylic oxidation sites excluding steroid dienone is 3. The second-order valence-electron chi connectivity index (χ2n) is 16.4. The van der Waals surface area contributed by atoms with Gasteiger partial charge < -0.3 is 29.9 Å². The smallest absolute Gasteiger partial charge is 0.314 e. The Labute approximate surface area is 251 Å². The fourth-order valence-corrected chi connectivity index (χ4v) is 11.5. The molecule has 42 heavy (non-hydrogen) atoms. The summed E-state index contributed by atoms with van der Waals surface area (Å²) in [4.78, 5) is 12.9. The van der Waals surface area contributed by atoms with Gasteiger partial charge in [-0.05, 0) is 115 Å². The maximum absolute atomic E-state index is 12.9. The first-order valence-corrected chi connectivity index (χ1v) is 16.5. The highest BCUT2D eigenvalue weighted by Crippen LogP contribution is 2.75. The molecule has 0 aromatic rings. The average molecular weight is 587 g/mol. The van der Waals surface area contributed by atoms with E-state index in [4.69, 9.17) is 9.47 Å². The molecular formula is C35H54O7. The highest BCUT2D eigenvalue weighted by molar-refractivity contribution is 5.82. The zero-order valence-electron chi connectivity index (χ0n) is 26.8. The number of ether oxygens (including phenoxy) is 2. The Hall–Kier alpha value is -1.25. The zero-order chi connectivity index (χ0) is 30.6. The average Bonchev–Trinajstić information content (AvgIpc) is 2.92. The van der Waals surface area contributed by atoms with Crippen molar-refractivity contribution in [2.45, 2.75) is 137 Å². The van der Waals surface area contributed by atoms with Gasteiger partial charge in [0.2, 0.25) is 0 Å². The van der Waals surface area contributed by atoms with E-state index in [-0.39, 0.29) is 34.4 Å². The van der Waals surface area contributed by atoms with Gasteiger partial charge in [0.05, 0.1) is 18.1 Å². The minimum atomic E-state index is -1.28. The molecule has 7 heteroatoms. The molecule has 12 atom stereocenters. The van der Waals surface area contributed by atoms with Crippen molar-refractivity contribution in [1.82, 2.24) is 0 Å². The highest BCUT2D eigenvalue weighted by atomic mass is 16.7. The van der Waals surface area contributed by atoms with Crippen molar-refractivity contribution in [3.05, 3.63) is 22.8 Å². The molecular weight excluding hydrogens is 532 g/mol. The van der Waals surface area contributed by atoms with Gasteiger partial charge in [0.25, 0.3) is 0 Å². The molecule has 1 saturated heterocycles. The lowest BCUT2D eigenvalue weighted by atomic mass is 9.34. The lowest BCUT2D eigenvalue weighted by Crippen LogP contribution is -2.65. The molecule has 6 rings (SSSR count). The van der Waals surface area contributed by atoms with Gasteiger partial charge >= 0.3 is 5.97 Å². The molecule has 6 aliphatic rings. The van der Waals surface area contributed by atoms with Crippen LogP contribution in [0.25, 0.3) is 0 Å². The normalized spacial score (nSPS) is 51.9. The van der Waals surface area contributed by atoms with E-state index in [1.165, 1.54) is 16.7 Å². The van der Waals surface area contributed by atoms with Crippen molar-refractivity contribution in [2.75, 3.05) is 6.61 Å². The van der Waals surface area contributed by atoms with Crippen LogP contribution in [0.3, 0.4) is 0 Å². The summed E-state index contributed by atoms with van der Waals surface area (Å²) in [6.45, 7) is 16.5. The Morgan fingerprint density at radius 3 is 2.33 bits per heavy atom. The molecule has 0 unspecified atom stereocenters. The minimum Gasteiger partial charge on any atom is -0.481 e. The number of carboxylic acid groups (broad SMARTS) is 1. The number of aliphatic carboxylic acids is 1. The molecule has 0 spiro atoms.